The van der Waals surface area contributed by atoms with Gasteiger partial charge in [-0.25, -0.2) is 0 Å². The van der Waals surface area contributed by atoms with Gasteiger partial charge in [0.15, 0.2) is 0 Å². The molecule has 5 rings (SSSR count). The average molecular weight is 427 g/mol. The van der Waals surface area contributed by atoms with E-state index in [1.165, 1.54) is 0 Å². The number of carbonyl (C=O) groups excluding carboxylic acids is 1. The van der Waals surface area contributed by atoms with E-state index in [0.717, 1.165) is 53.5 Å². The normalized spacial score (nSPS) is 19.4. The summed E-state index contributed by atoms with van der Waals surface area (Å²) in [6.07, 6.45) is 4.64. The number of aliphatic hydroxyl groups excluding tert-OH is 1. The average Bonchev–Trinajstić information content (AvgIpc) is 3.17. The van der Waals surface area contributed by atoms with Gasteiger partial charge in [0.2, 0.25) is 5.62 Å². The molecule has 0 radical (unpaired) electrons. The first kappa shape index (κ1) is 20.4. The summed E-state index contributed by atoms with van der Waals surface area (Å²) >= 11 is 0. The second-order valence-electron chi connectivity index (χ2n) is 8.51. The van der Waals surface area contributed by atoms with E-state index in [0.29, 0.717) is 11.2 Å². The lowest BCUT2D eigenvalue weighted by Crippen LogP contribution is -2.29. The van der Waals surface area contributed by atoms with Gasteiger partial charge in [0.25, 0.3) is 5.91 Å². The molecule has 1 aliphatic carbocycles. The van der Waals surface area contributed by atoms with Gasteiger partial charge >= 0.3 is 0 Å². The van der Waals surface area contributed by atoms with Gasteiger partial charge in [-0.05, 0) is 62.4 Å². The minimum atomic E-state index is -0.308. The molecule has 0 unspecified atom stereocenters. The summed E-state index contributed by atoms with van der Waals surface area (Å²) in [5.41, 5.74) is 5.89. The molecule has 2 N–H and O–H groups in total. The lowest BCUT2D eigenvalue weighted by Gasteiger charge is -2.27. The number of hydrogen-bond acceptors (Lipinski definition) is 3. The highest BCUT2D eigenvalue weighted by atomic mass is 16.3. The van der Waals surface area contributed by atoms with E-state index in [4.69, 9.17) is 0 Å². The number of benzene rings is 2. The van der Waals surface area contributed by atoms with Gasteiger partial charge in [-0.1, -0.05) is 36.4 Å². The predicted octanol–water partition coefficient (Wildman–Crippen LogP) is 4.56. The molecule has 1 saturated carbocycles. The molecule has 32 heavy (non-hydrogen) atoms. The van der Waals surface area contributed by atoms with Gasteiger partial charge in [-0.15, -0.1) is 0 Å². The number of aliphatic hydroxyl groups is 1. The minimum absolute atomic E-state index is 0.193. The third-order valence-corrected chi connectivity index (χ3v) is 6.20. The van der Waals surface area contributed by atoms with E-state index in [1.54, 1.807) is 18.3 Å². The number of aryl methyl sites for hydroxylation is 1. The molecule has 4 aromatic rings. The molecule has 2 aromatic heterocycles. The Balaban J connectivity index is 1.57. The lowest BCUT2D eigenvalue weighted by atomic mass is 9.93. The van der Waals surface area contributed by atoms with Crippen molar-refractivity contribution >= 4 is 16.9 Å². The highest BCUT2D eigenvalue weighted by Crippen LogP contribution is 2.30. The molecule has 1 aliphatic rings. The number of H-pyrrole nitrogens is 1. The van der Waals surface area contributed by atoms with Crippen LogP contribution in [0.5, 0.6) is 0 Å². The van der Waals surface area contributed by atoms with Crippen molar-refractivity contribution in [1.29, 1.82) is 0 Å². The standard InChI is InChI=1S/C26H26N4O2/c1-17-7-12-24-23(15-17)28-26(30(24)20-8-10-21(31)11-9-20)29-25(32)19-13-14-27-22(16-19)18-5-3-2-4-6-18/h2-7,12-16,20-21,31H,8-11H2,1H3,(H,28,29,32)/t20-,21+. The van der Waals surface area contributed by atoms with Crippen LogP contribution >= 0.6 is 0 Å². The number of pyridine rings is 1. The molecule has 2 aromatic carbocycles. The summed E-state index contributed by atoms with van der Waals surface area (Å²) in [6, 6.07) is 19.7. The molecule has 2 heterocycles. The Bertz CT molecular complexity index is 1330. The first-order valence-corrected chi connectivity index (χ1v) is 11.1. The van der Waals surface area contributed by atoms with Gasteiger partial charge < -0.3 is 14.7 Å². The van der Waals surface area contributed by atoms with Crippen molar-refractivity contribution in [3.8, 4) is 11.3 Å². The molecule has 0 aliphatic heterocycles. The van der Waals surface area contributed by atoms with Crippen LogP contribution in [0, 0.1) is 6.92 Å². The van der Waals surface area contributed by atoms with Crippen molar-refractivity contribution in [2.45, 2.75) is 44.8 Å². The first-order chi connectivity index (χ1) is 15.6. The summed E-state index contributed by atoms with van der Waals surface area (Å²) in [5.74, 6) is -0.308. The Morgan fingerprint density at radius 3 is 2.62 bits per heavy atom. The Labute approximate surface area is 186 Å². The molecule has 1 fully saturated rings. The fourth-order valence-corrected chi connectivity index (χ4v) is 4.51. The SMILES string of the molecule is Cc1ccc2c(c1)[nH]/c(=N\C(=O)c1ccnc(-c3ccccc3)c1)n2[C@H]1CC[C@@H](O)CC1. The van der Waals surface area contributed by atoms with Crippen molar-refractivity contribution in [1.82, 2.24) is 14.5 Å². The maximum atomic E-state index is 13.2. The Morgan fingerprint density at radius 1 is 1.06 bits per heavy atom. The van der Waals surface area contributed by atoms with Crippen molar-refractivity contribution in [2.24, 2.45) is 4.99 Å². The molecule has 0 bridgehead atoms. The molecule has 6 nitrogen and oxygen atoms in total. The van der Waals surface area contributed by atoms with Crippen LogP contribution in [0.25, 0.3) is 22.3 Å². The van der Waals surface area contributed by atoms with Crippen molar-refractivity contribution in [3.63, 3.8) is 0 Å². The molecule has 0 atom stereocenters. The summed E-state index contributed by atoms with van der Waals surface area (Å²) < 4.78 is 2.14. The molecule has 6 heteroatoms. The zero-order valence-corrected chi connectivity index (χ0v) is 18.0. The van der Waals surface area contributed by atoms with Crippen LogP contribution in [-0.2, 0) is 0 Å². The number of nitrogens with one attached hydrogen (secondary N) is 1. The maximum Gasteiger partial charge on any atom is 0.280 e. The van der Waals surface area contributed by atoms with Gasteiger partial charge in [0.1, 0.15) is 0 Å². The number of fused-ring (bicyclic) bond motifs is 1. The van der Waals surface area contributed by atoms with Gasteiger partial charge in [-0.3, -0.25) is 9.78 Å². The van der Waals surface area contributed by atoms with Gasteiger partial charge in [0.05, 0.1) is 22.8 Å². The number of rotatable bonds is 3. The third-order valence-electron chi connectivity index (χ3n) is 6.20. The first-order valence-electron chi connectivity index (χ1n) is 11.1. The summed E-state index contributed by atoms with van der Waals surface area (Å²) in [4.78, 5) is 25.4. The topological polar surface area (TPSA) is 83.3 Å². The second kappa shape index (κ2) is 8.55. The van der Waals surface area contributed by atoms with Gasteiger partial charge in [-0.2, -0.15) is 4.99 Å². The maximum absolute atomic E-state index is 13.2. The van der Waals surface area contributed by atoms with E-state index in [9.17, 15) is 9.90 Å². The number of hydrogen-bond donors (Lipinski definition) is 2. The van der Waals surface area contributed by atoms with Crippen LogP contribution < -0.4 is 5.62 Å². The van der Waals surface area contributed by atoms with Crippen molar-refractivity contribution in [3.05, 3.63) is 83.6 Å². The summed E-state index contributed by atoms with van der Waals surface area (Å²) in [6.45, 7) is 2.05. The van der Waals surface area contributed by atoms with Crippen LogP contribution in [0.3, 0.4) is 0 Å². The summed E-state index contributed by atoms with van der Waals surface area (Å²) in [7, 11) is 0. The number of carbonyl (C=O) groups is 1. The monoisotopic (exact) mass is 426 g/mol. The Morgan fingerprint density at radius 2 is 1.84 bits per heavy atom. The van der Waals surface area contributed by atoms with E-state index in [-0.39, 0.29) is 18.1 Å². The van der Waals surface area contributed by atoms with Crippen LogP contribution in [0.2, 0.25) is 0 Å². The zero-order chi connectivity index (χ0) is 22.1. The highest BCUT2D eigenvalue weighted by molar-refractivity contribution is 5.95. The van der Waals surface area contributed by atoms with Crippen LogP contribution in [0.1, 0.15) is 47.6 Å². The Hall–Kier alpha value is -3.51. The second-order valence-corrected chi connectivity index (χ2v) is 8.51. The third kappa shape index (κ3) is 4.01. The quantitative estimate of drug-likeness (QED) is 0.504. The molecule has 0 saturated heterocycles. The van der Waals surface area contributed by atoms with Gasteiger partial charge in [0, 0.05) is 23.4 Å². The van der Waals surface area contributed by atoms with E-state index in [1.807, 2.05) is 37.3 Å². The minimum Gasteiger partial charge on any atom is -0.393 e. The van der Waals surface area contributed by atoms with E-state index in [2.05, 4.69) is 37.7 Å². The van der Waals surface area contributed by atoms with Crippen molar-refractivity contribution in [2.75, 3.05) is 0 Å². The van der Waals surface area contributed by atoms with E-state index >= 15 is 0 Å². The molecule has 0 spiro atoms. The van der Waals surface area contributed by atoms with Crippen LogP contribution in [0.15, 0.2) is 71.9 Å². The fraction of sp³-hybridized carbons (Fsp3) is 0.269. The number of aromatic nitrogens is 3. The highest BCUT2D eigenvalue weighted by Gasteiger charge is 2.23. The zero-order valence-electron chi connectivity index (χ0n) is 18.0. The fourth-order valence-electron chi connectivity index (χ4n) is 4.51. The van der Waals surface area contributed by atoms with Crippen LogP contribution in [0.4, 0.5) is 0 Å². The number of nitrogens with zero attached hydrogens (tertiary/aromatic N) is 3. The van der Waals surface area contributed by atoms with Crippen LogP contribution in [-0.4, -0.2) is 31.7 Å². The summed E-state index contributed by atoms with van der Waals surface area (Å²) in [5, 5.41) is 9.96. The molecular formula is C26H26N4O2. The van der Waals surface area contributed by atoms with Crippen molar-refractivity contribution < 1.29 is 9.90 Å². The number of amides is 1. The molecule has 162 valence electrons. The lowest BCUT2D eigenvalue weighted by molar-refractivity contribution is 0.0990. The molecular weight excluding hydrogens is 400 g/mol. The largest absolute Gasteiger partial charge is 0.393 e. The predicted molar refractivity (Wildman–Crippen MR) is 124 cm³/mol. The number of imidazole rings is 1. The number of aromatic amines is 1. The van der Waals surface area contributed by atoms with E-state index < -0.39 is 0 Å². The Kier molecular flexibility index (Phi) is 5.45. The molecule has 1 amide bonds. The smallest absolute Gasteiger partial charge is 0.280 e.